The van der Waals surface area contributed by atoms with E-state index in [0.717, 1.165) is 17.0 Å². The van der Waals surface area contributed by atoms with E-state index in [-0.39, 0.29) is 22.4 Å². The Labute approximate surface area is 253 Å². The zero-order chi connectivity index (χ0) is 30.6. The number of non-ortho nitro benzene ring substituents is 1. The first-order valence-corrected chi connectivity index (χ1v) is 16.0. The molecule has 1 atom stereocenters. The largest absolute Gasteiger partial charge is 0.490 e. The van der Waals surface area contributed by atoms with Gasteiger partial charge in [-0.15, -0.1) is 0 Å². The van der Waals surface area contributed by atoms with Gasteiger partial charge in [-0.1, -0.05) is 19.1 Å². The second-order valence-corrected chi connectivity index (χ2v) is 12.9. The first-order valence-electron chi connectivity index (χ1n) is 13.5. The Bertz CT molecular complexity index is 1710. The molecule has 0 saturated carbocycles. The van der Waals surface area contributed by atoms with Crippen LogP contribution in [-0.4, -0.2) is 66.4 Å². The number of morpholine rings is 1. The van der Waals surface area contributed by atoms with E-state index in [1.165, 1.54) is 42.1 Å². The van der Waals surface area contributed by atoms with Gasteiger partial charge in [0.05, 0.1) is 41.9 Å². The van der Waals surface area contributed by atoms with Crippen LogP contribution in [0.3, 0.4) is 0 Å². The second-order valence-electron chi connectivity index (χ2n) is 9.86. The fourth-order valence-corrected chi connectivity index (χ4v) is 6.78. The number of nitro groups is 1. The van der Waals surface area contributed by atoms with Crippen molar-refractivity contribution in [2.24, 2.45) is 0 Å². The minimum absolute atomic E-state index is 0.103. The first-order chi connectivity index (χ1) is 20.7. The molecule has 2 N–H and O–H groups in total. The van der Waals surface area contributed by atoms with Crippen molar-refractivity contribution in [1.29, 1.82) is 0 Å². The third kappa shape index (κ3) is 7.06. The van der Waals surface area contributed by atoms with E-state index in [9.17, 15) is 18.5 Å². The van der Waals surface area contributed by atoms with Gasteiger partial charge in [0.2, 0.25) is 5.75 Å². The van der Waals surface area contributed by atoms with Gasteiger partial charge in [0.1, 0.15) is 0 Å². The molecule has 2 aromatic carbocycles. The van der Waals surface area contributed by atoms with Crippen LogP contribution in [0.2, 0.25) is 0 Å². The van der Waals surface area contributed by atoms with E-state index in [1.54, 1.807) is 25.3 Å². The topological polar surface area (TPSA) is 165 Å². The van der Waals surface area contributed by atoms with Gasteiger partial charge in [-0.05, 0) is 54.9 Å². The molecule has 5 rings (SSSR count). The van der Waals surface area contributed by atoms with Crippen LogP contribution in [0.5, 0.6) is 5.75 Å². The van der Waals surface area contributed by atoms with Crippen molar-refractivity contribution in [3.05, 3.63) is 76.0 Å². The maximum Gasteiger partial charge on any atom is 0.269 e. The highest BCUT2D eigenvalue weighted by atomic mass is 32.2. The molecule has 1 aliphatic rings. The van der Waals surface area contributed by atoms with Gasteiger partial charge in [0, 0.05) is 35.3 Å². The number of H-pyrrole nitrogens is 1. The zero-order valence-corrected chi connectivity index (χ0v) is 25.4. The van der Waals surface area contributed by atoms with Gasteiger partial charge in [-0.25, -0.2) is 18.4 Å². The summed E-state index contributed by atoms with van der Waals surface area (Å²) >= 11 is 1.28. The lowest BCUT2D eigenvalue weighted by atomic mass is 10.1. The van der Waals surface area contributed by atoms with Gasteiger partial charge >= 0.3 is 0 Å². The summed E-state index contributed by atoms with van der Waals surface area (Å²) in [5, 5.41) is 21.9. The summed E-state index contributed by atoms with van der Waals surface area (Å²) < 4.78 is 37.7. The molecule has 13 nitrogen and oxygen atoms in total. The Balaban J connectivity index is 1.43. The van der Waals surface area contributed by atoms with Crippen LogP contribution < -0.4 is 15.0 Å². The summed E-state index contributed by atoms with van der Waals surface area (Å²) in [6.07, 6.45) is 0.850. The first kappa shape index (κ1) is 30.3. The second kappa shape index (κ2) is 13.0. The minimum Gasteiger partial charge on any atom is -0.490 e. The number of rotatable bonds is 11. The van der Waals surface area contributed by atoms with Crippen LogP contribution in [-0.2, 0) is 20.3 Å². The molecule has 1 fully saturated rings. The fraction of sp³-hybridized carbons (Fsp3) is 0.321. The van der Waals surface area contributed by atoms with Crippen molar-refractivity contribution < 1.29 is 22.8 Å². The summed E-state index contributed by atoms with van der Waals surface area (Å²) in [4.78, 5) is 23.1. The van der Waals surface area contributed by atoms with E-state index < -0.39 is 14.8 Å². The number of nitro benzene ring substituents is 1. The van der Waals surface area contributed by atoms with Gasteiger partial charge in [-0.2, -0.15) is 5.10 Å². The monoisotopic (exact) mass is 625 g/mol. The molecule has 0 bridgehead atoms. The Kier molecular flexibility index (Phi) is 9.13. The summed E-state index contributed by atoms with van der Waals surface area (Å²) in [5.74, 6) is 1.77. The molecule has 3 heterocycles. The number of ether oxygens (including phenoxy) is 2. The lowest BCUT2D eigenvalue weighted by Crippen LogP contribution is -2.45. The third-order valence-corrected chi connectivity index (χ3v) is 9.40. The van der Waals surface area contributed by atoms with Crippen molar-refractivity contribution in [3.8, 4) is 5.75 Å². The summed E-state index contributed by atoms with van der Waals surface area (Å²) in [6, 6.07) is 14.0. The highest BCUT2D eigenvalue weighted by Crippen LogP contribution is 2.39. The number of aromatic nitrogens is 4. The van der Waals surface area contributed by atoms with Gasteiger partial charge in [-0.3, -0.25) is 15.2 Å². The molecule has 4 aromatic rings. The Morgan fingerprint density at radius 3 is 2.67 bits per heavy atom. The maximum atomic E-state index is 13.1. The summed E-state index contributed by atoms with van der Waals surface area (Å²) in [7, 11) is -2.17. The number of anilines is 3. The van der Waals surface area contributed by atoms with E-state index in [0.29, 0.717) is 53.7 Å². The predicted molar refractivity (Wildman–Crippen MR) is 162 cm³/mol. The van der Waals surface area contributed by atoms with Crippen LogP contribution in [0.25, 0.3) is 0 Å². The number of nitrogens with one attached hydrogen (secondary N) is 2. The molecule has 0 aliphatic carbocycles. The molecular formula is C28H31N7O6S2. The number of benzene rings is 2. The lowest BCUT2D eigenvalue weighted by molar-refractivity contribution is -0.384. The van der Waals surface area contributed by atoms with Crippen LogP contribution in [0.4, 0.5) is 23.1 Å². The number of sulfone groups is 1. The molecule has 1 aliphatic heterocycles. The summed E-state index contributed by atoms with van der Waals surface area (Å²) in [5.41, 5.74) is 1.06. The van der Waals surface area contributed by atoms with Crippen molar-refractivity contribution >= 4 is 44.7 Å². The van der Waals surface area contributed by atoms with E-state index in [2.05, 4.69) is 27.3 Å². The standard InChI is InChI=1S/C28H31N7O6S2/c1-4-20-16-41-13-12-34(20)27-25(40-3)26(29-24-14-18(2)32-33-24)30-28(31-27)42-22-8-10-23(11-9-22)43(38,39)17-19-6-5-7-21(15-19)35(36)37/h5-11,14-15,20H,4,12-13,16-17H2,1-3H3,(H2,29,30,31,32,33). The minimum atomic E-state index is -3.74. The third-order valence-electron chi connectivity index (χ3n) is 6.82. The Morgan fingerprint density at radius 2 is 2.00 bits per heavy atom. The number of aryl methyl sites for hydroxylation is 1. The molecule has 43 heavy (non-hydrogen) atoms. The van der Waals surface area contributed by atoms with E-state index in [4.69, 9.17) is 19.4 Å². The van der Waals surface area contributed by atoms with Gasteiger partial charge in [0.15, 0.2) is 32.4 Å². The van der Waals surface area contributed by atoms with Crippen molar-refractivity contribution in [3.63, 3.8) is 0 Å². The highest BCUT2D eigenvalue weighted by Gasteiger charge is 2.29. The number of nitrogens with zero attached hydrogens (tertiary/aromatic N) is 5. The molecule has 15 heteroatoms. The molecule has 2 aromatic heterocycles. The molecule has 1 unspecified atom stereocenters. The average Bonchev–Trinajstić information content (AvgIpc) is 3.41. The molecule has 0 spiro atoms. The van der Waals surface area contributed by atoms with Crippen LogP contribution in [0.15, 0.2) is 69.5 Å². The average molecular weight is 626 g/mol. The predicted octanol–water partition coefficient (Wildman–Crippen LogP) is 4.91. The molecular weight excluding hydrogens is 594 g/mol. The maximum absolute atomic E-state index is 13.1. The number of aromatic amines is 1. The van der Waals surface area contributed by atoms with Crippen molar-refractivity contribution in [2.45, 2.75) is 47.0 Å². The summed E-state index contributed by atoms with van der Waals surface area (Å²) in [6.45, 7) is 5.75. The van der Waals surface area contributed by atoms with Crippen LogP contribution >= 0.6 is 11.8 Å². The fourth-order valence-electron chi connectivity index (χ4n) is 4.69. The molecule has 226 valence electrons. The Hall–Kier alpha value is -4.21. The highest BCUT2D eigenvalue weighted by molar-refractivity contribution is 7.99. The molecule has 0 radical (unpaired) electrons. The SMILES string of the molecule is CCC1COCCN1c1nc(Sc2ccc(S(=O)(=O)Cc3cccc([N+](=O)[O-])c3)cc2)nc(Nc2cc(C)[nH]n2)c1OC. The molecule has 1 saturated heterocycles. The van der Waals surface area contributed by atoms with Gasteiger partial charge in [0.25, 0.3) is 5.69 Å². The number of methoxy groups -OCH3 is 1. The lowest BCUT2D eigenvalue weighted by Gasteiger charge is -2.36. The van der Waals surface area contributed by atoms with Crippen LogP contribution in [0, 0.1) is 17.0 Å². The zero-order valence-electron chi connectivity index (χ0n) is 23.8. The quantitative estimate of drug-likeness (QED) is 0.132. The Morgan fingerprint density at radius 1 is 1.21 bits per heavy atom. The normalized spacial score (nSPS) is 15.3. The van der Waals surface area contributed by atoms with Crippen molar-refractivity contribution in [2.75, 3.05) is 37.1 Å². The van der Waals surface area contributed by atoms with E-state index >= 15 is 0 Å². The van der Waals surface area contributed by atoms with Crippen molar-refractivity contribution in [1.82, 2.24) is 20.2 Å². The van der Waals surface area contributed by atoms with Crippen LogP contribution in [0.1, 0.15) is 24.6 Å². The smallest absolute Gasteiger partial charge is 0.269 e. The molecule has 0 amide bonds. The van der Waals surface area contributed by atoms with Gasteiger partial charge < -0.3 is 19.7 Å². The number of hydrogen-bond acceptors (Lipinski definition) is 12. The van der Waals surface area contributed by atoms with E-state index in [1.807, 2.05) is 13.0 Å². The number of hydrogen-bond donors (Lipinski definition) is 2.